The van der Waals surface area contributed by atoms with Crippen molar-refractivity contribution in [1.29, 1.82) is 0 Å². The van der Waals surface area contributed by atoms with Gasteiger partial charge in [0.1, 0.15) is 0 Å². The van der Waals surface area contributed by atoms with E-state index in [9.17, 15) is 19.5 Å². The molecular formula is C28H29N3O5. The first-order valence-electron chi connectivity index (χ1n) is 11.9. The van der Waals surface area contributed by atoms with E-state index in [-0.39, 0.29) is 30.0 Å². The topological polar surface area (TPSA) is 119 Å². The zero-order valence-electron chi connectivity index (χ0n) is 20.0. The summed E-state index contributed by atoms with van der Waals surface area (Å²) in [6, 6.07) is 18.7. The van der Waals surface area contributed by atoms with Crippen molar-refractivity contribution in [3.63, 3.8) is 0 Å². The molecule has 4 N–H and O–H groups in total. The summed E-state index contributed by atoms with van der Waals surface area (Å²) in [5.41, 5.74) is 5.66. The molecule has 36 heavy (non-hydrogen) atoms. The van der Waals surface area contributed by atoms with Gasteiger partial charge < -0.3 is 15.3 Å². The highest BCUT2D eigenvalue weighted by molar-refractivity contribution is 6.06. The highest BCUT2D eigenvalue weighted by Gasteiger charge is 2.27. The van der Waals surface area contributed by atoms with E-state index in [1.165, 1.54) is 0 Å². The van der Waals surface area contributed by atoms with Gasteiger partial charge in [0, 0.05) is 28.9 Å². The number of aliphatic hydroxyl groups is 1. The van der Waals surface area contributed by atoms with E-state index < -0.39 is 5.91 Å². The lowest BCUT2D eigenvalue weighted by Gasteiger charge is -2.34. The van der Waals surface area contributed by atoms with Gasteiger partial charge in [0.2, 0.25) is 0 Å². The third-order valence-corrected chi connectivity index (χ3v) is 6.43. The number of likely N-dealkylation sites (tertiary alicyclic amines) is 1. The summed E-state index contributed by atoms with van der Waals surface area (Å²) in [5, 5.41) is 21.6. The minimum Gasteiger partial charge on any atom is -0.394 e. The Labute approximate surface area is 209 Å². The van der Waals surface area contributed by atoms with E-state index in [0.29, 0.717) is 28.9 Å². The van der Waals surface area contributed by atoms with Gasteiger partial charge in [0.25, 0.3) is 17.7 Å². The summed E-state index contributed by atoms with van der Waals surface area (Å²) in [6.45, 7) is 2.40. The van der Waals surface area contributed by atoms with Crippen LogP contribution in [0, 0.1) is 6.92 Å². The molecule has 1 fully saturated rings. The molecule has 0 aliphatic carbocycles. The molecule has 1 saturated heterocycles. The third-order valence-electron chi connectivity index (χ3n) is 6.43. The first-order valence-corrected chi connectivity index (χ1v) is 11.9. The van der Waals surface area contributed by atoms with Crippen molar-refractivity contribution in [3.8, 4) is 11.1 Å². The van der Waals surface area contributed by atoms with E-state index in [4.69, 9.17) is 5.21 Å². The van der Waals surface area contributed by atoms with E-state index in [0.717, 1.165) is 30.4 Å². The summed E-state index contributed by atoms with van der Waals surface area (Å²) >= 11 is 0. The Balaban J connectivity index is 1.70. The van der Waals surface area contributed by atoms with Gasteiger partial charge in [0.15, 0.2) is 0 Å². The van der Waals surface area contributed by atoms with E-state index in [1.807, 2.05) is 19.1 Å². The number of hydroxylamine groups is 1. The number of piperidine rings is 1. The number of nitrogens with one attached hydrogen (secondary N) is 2. The first kappa shape index (κ1) is 25.1. The molecule has 1 heterocycles. The zero-order valence-corrected chi connectivity index (χ0v) is 20.0. The van der Waals surface area contributed by atoms with Gasteiger partial charge in [-0.25, -0.2) is 5.48 Å². The van der Waals surface area contributed by atoms with Crippen LogP contribution in [0.5, 0.6) is 0 Å². The van der Waals surface area contributed by atoms with E-state index >= 15 is 0 Å². The van der Waals surface area contributed by atoms with Crippen molar-refractivity contribution in [3.05, 3.63) is 89.0 Å². The fourth-order valence-electron chi connectivity index (χ4n) is 4.40. The number of hydrogen-bond acceptors (Lipinski definition) is 5. The van der Waals surface area contributed by atoms with Crippen LogP contribution in [0.15, 0.2) is 66.7 Å². The average Bonchev–Trinajstić information content (AvgIpc) is 2.92. The molecule has 0 radical (unpaired) electrons. The second kappa shape index (κ2) is 11.2. The van der Waals surface area contributed by atoms with Crippen LogP contribution in [0.3, 0.4) is 0 Å². The summed E-state index contributed by atoms with van der Waals surface area (Å²) in [4.78, 5) is 39.8. The first-order chi connectivity index (χ1) is 17.4. The Morgan fingerprint density at radius 1 is 0.861 bits per heavy atom. The van der Waals surface area contributed by atoms with E-state index in [2.05, 4.69) is 5.32 Å². The molecule has 1 atom stereocenters. The maximum Gasteiger partial charge on any atom is 0.274 e. The lowest BCUT2D eigenvalue weighted by molar-refractivity contribution is 0.0503. The van der Waals surface area contributed by atoms with Crippen molar-refractivity contribution in [2.75, 3.05) is 18.5 Å². The molecule has 3 aromatic rings. The maximum atomic E-state index is 13.5. The molecule has 4 rings (SSSR count). The molecule has 1 aliphatic heterocycles. The number of benzene rings is 3. The fraction of sp³-hybridized carbons (Fsp3) is 0.250. The van der Waals surface area contributed by atoms with Crippen molar-refractivity contribution in [2.24, 2.45) is 0 Å². The number of carbonyl (C=O) groups is 3. The third kappa shape index (κ3) is 5.62. The van der Waals surface area contributed by atoms with Crippen LogP contribution >= 0.6 is 0 Å². The van der Waals surface area contributed by atoms with E-state index in [1.54, 1.807) is 65.0 Å². The van der Waals surface area contributed by atoms with Gasteiger partial charge in [-0.1, -0.05) is 29.8 Å². The smallest absolute Gasteiger partial charge is 0.274 e. The maximum absolute atomic E-state index is 13.5. The highest BCUT2D eigenvalue weighted by atomic mass is 16.5. The number of rotatable bonds is 6. The monoisotopic (exact) mass is 487 g/mol. The zero-order chi connectivity index (χ0) is 25.7. The summed E-state index contributed by atoms with van der Waals surface area (Å²) in [5.74, 6) is -1.14. The molecule has 8 heteroatoms. The number of amides is 3. The van der Waals surface area contributed by atoms with Crippen molar-refractivity contribution < 1.29 is 24.7 Å². The second-order valence-electron chi connectivity index (χ2n) is 8.97. The number of hydrogen-bond donors (Lipinski definition) is 4. The lowest BCUT2D eigenvalue weighted by atomic mass is 9.98. The van der Waals surface area contributed by atoms with Crippen LogP contribution < -0.4 is 10.8 Å². The molecule has 1 aliphatic rings. The second-order valence-corrected chi connectivity index (χ2v) is 8.97. The largest absolute Gasteiger partial charge is 0.394 e. The van der Waals surface area contributed by atoms with Gasteiger partial charge in [-0.3, -0.25) is 19.6 Å². The Kier molecular flexibility index (Phi) is 7.77. The number of nitrogens with zero attached hydrogens (tertiary/aromatic N) is 1. The molecule has 0 spiro atoms. The highest BCUT2D eigenvalue weighted by Crippen LogP contribution is 2.28. The molecule has 8 nitrogen and oxygen atoms in total. The molecule has 3 aromatic carbocycles. The predicted octanol–water partition coefficient (Wildman–Crippen LogP) is 4.02. The Morgan fingerprint density at radius 3 is 2.19 bits per heavy atom. The molecular weight excluding hydrogens is 458 g/mol. The number of aryl methyl sites for hydroxylation is 1. The van der Waals surface area contributed by atoms with Crippen molar-refractivity contribution in [1.82, 2.24) is 10.4 Å². The van der Waals surface area contributed by atoms with Crippen molar-refractivity contribution in [2.45, 2.75) is 32.2 Å². The van der Waals surface area contributed by atoms with Crippen LogP contribution in [0.2, 0.25) is 0 Å². The standard InChI is InChI=1S/C28H29N3O5/c1-18-5-7-20(8-6-18)26(33)29-24-15-22(19-9-11-21(12-10-19)27(34)30-36)14-23(16-24)28(35)31-13-3-2-4-25(31)17-32/h5-12,14-16,25,32,36H,2-4,13,17H2,1H3,(H,29,33)(H,30,34). The number of anilines is 1. The van der Waals surface area contributed by atoms with Gasteiger partial charge >= 0.3 is 0 Å². The van der Waals surface area contributed by atoms with Crippen molar-refractivity contribution >= 4 is 23.4 Å². The SMILES string of the molecule is Cc1ccc(C(=O)Nc2cc(C(=O)N3CCCCC3CO)cc(-c3ccc(C(=O)NO)cc3)c2)cc1. The Hall–Kier alpha value is -4.01. The van der Waals surface area contributed by atoms with Crippen LogP contribution in [0.1, 0.15) is 55.9 Å². The fourth-order valence-corrected chi connectivity index (χ4v) is 4.40. The quantitative estimate of drug-likeness (QED) is 0.309. The summed E-state index contributed by atoms with van der Waals surface area (Å²) in [6.07, 6.45) is 2.57. The number of carbonyl (C=O) groups excluding carboxylic acids is 3. The molecule has 3 amide bonds. The van der Waals surface area contributed by atoms with Gasteiger partial charge in [0.05, 0.1) is 12.6 Å². The molecule has 186 valence electrons. The predicted molar refractivity (Wildman–Crippen MR) is 136 cm³/mol. The molecule has 0 aromatic heterocycles. The van der Waals surface area contributed by atoms with Crippen LogP contribution in [0.4, 0.5) is 5.69 Å². The molecule has 1 unspecified atom stereocenters. The van der Waals surface area contributed by atoms with Gasteiger partial charge in [-0.2, -0.15) is 0 Å². The Morgan fingerprint density at radius 2 is 1.53 bits per heavy atom. The van der Waals surface area contributed by atoms with Crippen LogP contribution in [0.25, 0.3) is 11.1 Å². The number of aliphatic hydroxyl groups excluding tert-OH is 1. The Bertz CT molecular complexity index is 1260. The van der Waals surface area contributed by atoms with Crippen LogP contribution in [-0.4, -0.2) is 52.1 Å². The minimum atomic E-state index is -0.628. The van der Waals surface area contributed by atoms with Gasteiger partial charge in [-0.15, -0.1) is 0 Å². The van der Waals surface area contributed by atoms with Crippen LogP contribution in [-0.2, 0) is 0 Å². The minimum absolute atomic E-state index is 0.100. The normalized spacial score (nSPS) is 15.3. The molecule has 0 saturated carbocycles. The molecule has 0 bridgehead atoms. The summed E-state index contributed by atoms with van der Waals surface area (Å²) < 4.78 is 0. The summed E-state index contributed by atoms with van der Waals surface area (Å²) in [7, 11) is 0. The average molecular weight is 488 g/mol. The lowest BCUT2D eigenvalue weighted by Crippen LogP contribution is -2.45. The van der Waals surface area contributed by atoms with Gasteiger partial charge in [-0.05, 0) is 79.8 Å².